The van der Waals surface area contributed by atoms with Gasteiger partial charge in [0, 0.05) is 24.6 Å². The fourth-order valence-corrected chi connectivity index (χ4v) is 3.34. The largest absolute Gasteiger partial charge is 0.377 e. The van der Waals surface area contributed by atoms with Crippen molar-refractivity contribution in [2.45, 2.75) is 25.5 Å². The Morgan fingerprint density at radius 1 is 1.59 bits per heavy atom. The highest BCUT2D eigenvalue weighted by molar-refractivity contribution is 7.86. The van der Waals surface area contributed by atoms with Crippen molar-refractivity contribution in [2.75, 3.05) is 13.2 Å². The molecule has 1 aromatic rings. The molecule has 0 amide bonds. The van der Waals surface area contributed by atoms with Crippen molar-refractivity contribution in [3.05, 3.63) is 22.4 Å². The molecule has 2 N–H and O–H groups in total. The molecular weight excluding hydrogens is 260 g/mol. The molecule has 5 nitrogen and oxygen atoms in total. The van der Waals surface area contributed by atoms with Gasteiger partial charge in [-0.25, -0.2) is 5.14 Å². The maximum Gasteiger partial charge on any atom is 0.277 e. The predicted octanol–water partition coefficient (Wildman–Crippen LogP) is 0.933. The number of thiophene rings is 1. The summed E-state index contributed by atoms with van der Waals surface area (Å²) >= 11 is 1.52. The third-order valence-corrected chi connectivity index (χ3v) is 4.56. The van der Waals surface area contributed by atoms with Crippen LogP contribution in [0.15, 0.2) is 17.5 Å². The summed E-state index contributed by atoms with van der Waals surface area (Å²) in [4.78, 5) is 0.983. The molecule has 1 aliphatic rings. The number of nitrogens with two attached hydrogens (primary N) is 1. The Bertz CT molecular complexity index is 438. The number of nitrogens with zero attached hydrogens (tertiary/aromatic N) is 1. The van der Waals surface area contributed by atoms with Crippen LogP contribution in [0.4, 0.5) is 0 Å². The second-order valence-corrected chi connectivity index (χ2v) is 6.63. The lowest BCUT2D eigenvalue weighted by Gasteiger charge is -2.21. The van der Waals surface area contributed by atoms with E-state index in [-0.39, 0.29) is 6.10 Å². The summed E-state index contributed by atoms with van der Waals surface area (Å²) in [5.41, 5.74) is 0. The summed E-state index contributed by atoms with van der Waals surface area (Å²) in [5, 5.41) is 7.14. The average Bonchev–Trinajstić information content (AvgIpc) is 2.87. The van der Waals surface area contributed by atoms with Gasteiger partial charge in [-0.1, -0.05) is 6.07 Å². The van der Waals surface area contributed by atoms with E-state index < -0.39 is 10.2 Å². The Balaban J connectivity index is 2.03. The summed E-state index contributed by atoms with van der Waals surface area (Å²) in [6.07, 6.45) is 1.87. The SMILES string of the molecule is NS(=O)(=O)N(Cc1cccs1)CC1CCCO1. The molecule has 2 heterocycles. The minimum Gasteiger partial charge on any atom is -0.377 e. The molecule has 0 radical (unpaired) electrons. The molecule has 1 fully saturated rings. The smallest absolute Gasteiger partial charge is 0.277 e. The van der Waals surface area contributed by atoms with Crippen molar-refractivity contribution < 1.29 is 13.2 Å². The first kappa shape index (κ1) is 13.0. The van der Waals surface area contributed by atoms with Crippen LogP contribution < -0.4 is 5.14 Å². The van der Waals surface area contributed by atoms with E-state index in [4.69, 9.17) is 9.88 Å². The lowest BCUT2D eigenvalue weighted by atomic mass is 10.2. The second-order valence-electron chi connectivity index (χ2n) is 4.05. The van der Waals surface area contributed by atoms with Gasteiger partial charge in [0.2, 0.25) is 0 Å². The molecule has 0 spiro atoms. The molecule has 1 aliphatic heterocycles. The van der Waals surface area contributed by atoms with Crippen LogP contribution in [0.1, 0.15) is 17.7 Å². The average molecular weight is 276 g/mol. The number of rotatable bonds is 5. The zero-order valence-corrected chi connectivity index (χ0v) is 11.0. The van der Waals surface area contributed by atoms with Crippen molar-refractivity contribution in [1.82, 2.24) is 4.31 Å². The van der Waals surface area contributed by atoms with Crippen LogP contribution in [-0.4, -0.2) is 32.0 Å². The molecule has 1 unspecified atom stereocenters. The zero-order valence-electron chi connectivity index (χ0n) is 9.41. The maximum absolute atomic E-state index is 11.5. The van der Waals surface area contributed by atoms with Gasteiger partial charge in [0.25, 0.3) is 10.2 Å². The molecule has 0 bridgehead atoms. The quantitative estimate of drug-likeness (QED) is 0.869. The molecule has 17 heavy (non-hydrogen) atoms. The van der Waals surface area contributed by atoms with E-state index >= 15 is 0 Å². The van der Waals surface area contributed by atoms with Gasteiger partial charge in [-0.3, -0.25) is 0 Å². The van der Waals surface area contributed by atoms with Gasteiger partial charge >= 0.3 is 0 Å². The van der Waals surface area contributed by atoms with E-state index in [0.717, 1.165) is 17.7 Å². The Kier molecular flexibility index (Phi) is 4.16. The van der Waals surface area contributed by atoms with Gasteiger partial charge in [0.1, 0.15) is 0 Å². The summed E-state index contributed by atoms with van der Waals surface area (Å²) in [5.74, 6) is 0. The van der Waals surface area contributed by atoms with Crippen LogP contribution in [0.25, 0.3) is 0 Å². The fraction of sp³-hybridized carbons (Fsp3) is 0.600. The highest BCUT2D eigenvalue weighted by atomic mass is 32.2. The Labute approximate surface area is 105 Å². The molecule has 0 aliphatic carbocycles. The molecule has 1 saturated heterocycles. The Morgan fingerprint density at radius 2 is 2.41 bits per heavy atom. The highest BCUT2D eigenvalue weighted by Gasteiger charge is 2.25. The first-order valence-corrected chi connectivity index (χ1v) is 7.86. The normalized spacial score (nSPS) is 21.2. The van der Waals surface area contributed by atoms with E-state index in [1.807, 2.05) is 17.5 Å². The molecule has 0 aromatic carbocycles. The van der Waals surface area contributed by atoms with Crippen LogP contribution >= 0.6 is 11.3 Å². The van der Waals surface area contributed by atoms with Crippen LogP contribution in [0.2, 0.25) is 0 Å². The highest BCUT2D eigenvalue weighted by Crippen LogP contribution is 2.18. The van der Waals surface area contributed by atoms with Crippen molar-refractivity contribution in [2.24, 2.45) is 5.14 Å². The van der Waals surface area contributed by atoms with Gasteiger partial charge in [-0.2, -0.15) is 12.7 Å². The number of hydrogen-bond donors (Lipinski definition) is 1. The summed E-state index contributed by atoms with van der Waals surface area (Å²) in [6, 6.07) is 3.80. The molecule has 7 heteroatoms. The van der Waals surface area contributed by atoms with E-state index in [9.17, 15) is 8.42 Å². The summed E-state index contributed by atoms with van der Waals surface area (Å²) in [7, 11) is -3.67. The fourth-order valence-electron chi connectivity index (χ4n) is 1.85. The van der Waals surface area contributed by atoms with E-state index in [2.05, 4.69) is 0 Å². The van der Waals surface area contributed by atoms with Gasteiger partial charge in [0.15, 0.2) is 0 Å². The van der Waals surface area contributed by atoms with Gasteiger partial charge in [0.05, 0.1) is 6.10 Å². The summed E-state index contributed by atoms with van der Waals surface area (Å²) in [6.45, 7) is 1.38. The topological polar surface area (TPSA) is 72.6 Å². The van der Waals surface area contributed by atoms with Crippen molar-refractivity contribution in [3.63, 3.8) is 0 Å². The molecule has 1 atom stereocenters. The van der Waals surface area contributed by atoms with Gasteiger partial charge in [-0.05, 0) is 24.3 Å². The molecule has 1 aromatic heterocycles. The maximum atomic E-state index is 11.5. The summed E-state index contributed by atoms with van der Waals surface area (Å²) < 4.78 is 29.7. The van der Waals surface area contributed by atoms with E-state index in [1.165, 1.54) is 15.6 Å². The minimum atomic E-state index is -3.67. The third kappa shape index (κ3) is 3.75. The lowest BCUT2D eigenvalue weighted by molar-refractivity contribution is 0.0927. The standard InChI is InChI=1S/C10H16N2O3S2/c11-17(13,14)12(7-9-3-1-5-15-9)8-10-4-2-6-16-10/h2,4,6,9H,1,3,5,7-8H2,(H2,11,13,14). The lowest BCUT2D eigenvalue weighted by Crippen LogP contribution is -2.40. The first-order chi connectivity index (χ1) is 8.05. The first-order valence-electron chi connectivity index (χ1n) is 5.47. The van der Waals surface area contributed by atoms with E-state index in [1.54, 1.807) is 0 Å². The second kappa shape index (κ2) is 5.45. The monoisotopic (exact) mass is 276 g/mol. The molecule has 0 saturated carbocycles. The van der Waals surface area contributed by atoms with Crippen LogP contribution in [0.3, 0.4) is 0 Å². The van der Waals surface area contributed by atoms with Crippen molar-refractivity contribution >= 4 is 21.5 Å². The van der Waals surface area contributed by atoms with Crippen LogP contribution in [0, 0.1) is 0 Å². The van der Waals surface area contributed by atoms with Crippen molar-refractivity contribution in [3.8, 4) is 0 Å². The Morgan fingerprint density at radius 3 is 2.94 bits per heavy atom. The molecular formula is C10H16N2O3S2. The van der Waals surface area contributed by atoms with E-state index in [0.29, 0.717) is 19.7 Å². The molecule has 2 rings (SSSR count). The van der Waals surface area contributed by atoms with Gasteiger partial charge in [-0.15, -0.1) is 11.3 Å². The number of hydrogen-bond acceptors (Lipinski definition) is 4. The van der Waals surface area contributed by atoms with Crippen LogP contribution in [0.5, 0.6) is 0 Å². The molecule has 96 valence electrons. The van der Waals surface area contributed by atoms with Crippen molar-refractivity contribution in [1.29, 1.82) is 0 Å². The Hall–Kier alpha value is -0.470. The van der Waals surface area contributed by atoms with Gasteiger partial charge < -0.3 is 4.74 Å². The number of ether oxygens (including phenoxy) is 1. The third-order valence-electron chi connectivity index (χ3n) is 2.70. The van der Waals surface area contributed by atoms with Crippen LogP contribution in [-0.2, 0) is 21.5 Å². The zero-order chi connectivity index (χ0) is 12.3. The predicted molar refractivity (Wildman–Crippen MR) is 66.8 cm³/mol. The minimum absolute atomic E-state index is 0.0201.